The monoisotopic (exact) mass is 645 g/mol. The first kappa shape index (κ1) is 35.0. The van der Waals surface area contributed by atoms with Gasteiger partial charge in [-0.2, -0.15) is 13.2 Å². The lowest BCUT2D eigenvalue weighted by Crippen LogP contribution is -2.15. The molecule has 0 spiro atoms. The molecule has 0 aliphatic carbocycles. The molecule has 1 aliphatic heterocycles. The van der Waals surface area contributed by atoms with Gasteiger partial charge in [0.15, 0.2) is 0 Å². The highest BCUT2D eigenvalue weighted by atomic mass is 33.1. The summed E-state index contributed by atoms with van der Waals surface area (Å²) < 4.78 is 65.7. The number of rotatable bonds is 20. The number of nitrogens with one attached hydrogen (secondary N) is 1. The molecule has 0 radical (unpaired) electrons. The van der Waals surface area contributed by atoms with Crippen LogP contribution in [0.2, 0.25) is 0 Å². The maximum absolute atomic E-state index is 13.0. The Bertz CT molecular complexity index is 1120. The van der Waals surface area contributed by atoms with Crippen molar-refractivity contribution in [2.75, 3.05) is 63.9 Å². The molecule has 1 atom stereocenters. The number of carbonyl (C=O) groups is 2. The zero-order chi connectivity index (χ0) is 30.8. The third-order valence-electron chi connectivity index (χ3n) is 6.20. The maximum Gasteiger partial charge on any atom is 0.416 e. The molecular weight excluding hydrogens is 607 g/mol. The quantitative estimate of drug-likeness (QED) is 0.0930. The van der Waals surface area contributed by atoms with Gasteiger partial charge >= 0.3 is 18.1 Å². The number of esters is 2. The molecule has 43 heavy (non-hydrogen) atoms. The fraction of sp³-hybridized carbons (Fsp3) is 0.533. The van der Waals surface area contributed by atoms with E-state index in [1.807, 2.05) is 21.6 Å². The topological polar surface area (TPSA) is 92.3 Å². The summed E-state index contributed by atoms with van der Waals surface area (Å²) in [4.78, 5) is 24.3. The van der Waals surface area contributed by atoms with E-state index in [1.165, 1.54) is 30.4 Å². The number of hydrogen-bond acceptors (Lipinski definition) is 10. The predicted molar refractivity (Wildman–Crippen MR) is 162 cm³/mol. The SMILES string of the molecule is O=C(CCCCC1CCSS1)OCCOCCOCCOCCOC(=O)c1ccccc1Nc1cccc(C(F)(F)F)c1. The Morgan fingerprint density at radius 3 is 2.19 bits per heavy atom. The van der Waals surface area contributed by atoms with Crippen molar-refractivity contribution >= 4 is 44.9 Å². The van der Waals surface area contributed by atoms with Crippen molar-refractivity contribution in [1.29, 1.82) is 0 Å². The molecule has 0 saturated carbocycles. The molecule has 1 unspecified atom stereocenters. The molecule has 1 N–H and O–H groups in total. The van der Waals surface area contributed by atoms with Crippen LogP contribution in [-0.4, -0.2) is 75.8 Å². The molecule has 1 aliphatic rings. The van der Waals surface area contributed by atoms with Crippen molar-refractivity contribution in [3.63, 3.8) is 0 Å². The molecule has 0 aromatic heterocycles. The number of carbonyl (C=O) groups excluding carboxylic acids is 2. The maximum atomic E-state index is 13.0. The molecule has 0 amide bonds. The lowest BCUT2D eigenvalue weighted by Gasteiger charge is -2.13. The lowest BCUT2D eigenvalue weighted by atomic mass is 10.1. The predicted octanol–water partition coefficient (Wildman–Crippen LogP) is 6.91. The molecule has 1 saturated heterocycles. The van der Waals surface area contributed by atoms with E-state index in [0.29, 0.717) is 45.1 Å². The van der Waals surface area contributed by atoms with Gasteiger partial charge in [0.25, 0.3) is 0 Å². The molecule has 8 nitrogen and oxygen atoms in total. The van der Waals surface area contributed by atoms with E-state index < -0.39 is 17.7 Å². The van der Waals surface area contributed by atoms with Crippen LogP contribution < -0.4 is 5.32 Å². The summed E-state index contributed by atoms with van der Waals surface area (Å²) in [6, 6.07) is 11.1. The van der Waals surface area contributed by atoms with E-state index >= 15 is 0 Å². The average Bonchev–Trinajstić information content (AvgIpc) is 3.51. The second-order valence-electron chi connectivity index (χ2n) is 9.52. The van der Waals surface area contributed by atoms with Crippen LogP contribution in [0, 0.1) is 0 Å². The van der Waals surface area contributed by atoms with Crippen molar-refractivity contribution in [3.8, 4) is 0 Å². The number of para-hydroxylation sites is 1. The van der Waals surface area contributed by atoms with Crippen LogP contribution in [-0.2, 0) is 34.7 Å². The van der Waals surface area contributed by atoms with Gasteiger partial charge in [0.1, 0.15) is 13.2 Å². The van der Waals surface area contributed by atoms with Crippen LogP contribution in [0.5, 0.6) is 0 Å². The Balaban J connectivity index is 1.16. The van der Waals surface area contributed by atoms with Crippen LogP contribution in [0.1, 0.15) is 48.0 Å². The van der Waals surface area contributed by atoms with E-state index in [9.17, 15) is 22.8 Å². The zero-order valence-electron chi connectivity index (χ0n) is 23.9. The summed E-state index contributed by atoms with van der Waals surface area (Å²) in [5.41, 5.74) is -0.0875. The Kier molecular flexibility index (Phi) is 16.1. The van der Waals surface area contributed by atoms with E-state index in [-0.39, 0.29) is 37.0 Å². The summed E-state index contributed by atoms with van der Waals surface area (Å²) in [6.07, 6.45) is 0.312. The highest BCUT2D eigenvalue weighted by molar-refractivity contribution is 8.77. The molecule has 0 bridgehead atoms. The number of halogens is 3. The van der Waals surface area contributed by atoms with Gasteiger partial charge in [0, 0.05) is 23.1 Å². The third kappa shape index (κ3) is 14.3. The summed E-state index contributed by atoms with van der Waals surface area (Å²) in [5, 5.41) is 3.59. The minimum absolute atomic E-state index is 0.00267. The first-order valence-electron chi connectivity index (χ1n) is 14.2. The van der Waals surface area contributed by atoms with Crippen molar-refractivity contribution in [2.24, 2.45) is 0 Å². The van der Waals surface area contributed by atoms with Crippen molar-refractivity contribution in [2.45, 2.75) is 43.5 Å². The van der Waals surface area contributed by atoms with Crippen LogP contribution in [0.4, 0.5) is 24.5 Å². The minimum atomic E-state index is -4.47. The van der Waals surface area contributed by atoms with Crippen molar-refractivity contribution in [3.05, 3.63) is 59.7 Å². The van der Waals surface area contributed by atoms with Crippen LogP contribution >= 0.6 is 21.6 Å². The highest BCUT2D eigenvalue weighted by Gasteiger charge is 2.30. The largest absolute Gasteiger partial charge is 0.463 e. The highest BCUT2D eigenvalue weighted by Crippen LogP contribution is 2.40. The summed E-state index contributed by atoms with van der Waals surface area (Å²) in [7, 11) is 3.89. The minimum Gasteiger partial charge on any atom is -0.463 e. The molecular formula is C30H38F3NO7S2. The second-order valence-corrected chi connectivity index (χ2v) is 12.3. The standard InChI is InChI=1S/C30H38F3NO7S2/c31-30(32,33)23-6-5-7-24(22-23)34-27-10-3-2-9-26(27)29(36)41-20-18-39-16-14-37-13-15-38-17-19-40-28(35)11-4-1-8-25-12-21-42-43-25/h2-3,5-7,9-10,22,25,34H,1,4,8,11-21H2. The Hall–Kier alpha value is -2.45. The number of ether oxygens (including phenoxy) is 5. The van der Waals surface area contributed by atoms with Crippen LogP contribution in [0.15, 0.2) is 48.5 Å². The Labute approximate surface area is 258 Å². The van der Waals surface area contributed by atoms with Gasteiger partial charge in [-0.05, 0) is 49.6 Å². The second kappa shape index (κ2) is 19.8. The first-order valence-corrected chi connectivity index (χ1v) is 16.6. The first-order chi connectivity index (χ1) is 20.8. The molecule has 13 heteroatoms. The number of benzene rings is 2. The van der Waals surface area contributed by atoms with Crippen LogP contribution in [0.3, 0.4) is 0 Å². The number of anilines is 2. The van der Waals surface area contributed by atoms with Gasteiger partial charge in [-0.3, -0.25) is 4.79 Å². The van der Waals surface area contributed by atoms with Gasteiger partial charge in [0.05, 0.1) is 56.5 Å². The van der Waals surface area contributed by atoms with Gasteiger partial charge < -0.3 is 29.0 Å². The van der Waals surface area contributed by atoms with E-state index in [1.54, 1.807) is 18.2 Å². The number of alkyl halides is 3. The van der Waals surface area contributed by atoms with E-state index in [2.05, 4.69) is 5.32 Å². The molecule has 1 heterocycles. The van der Waals surface area contributed by atoms with Crippen LogP contribution in [0.25, 0.3) is 0 Å². The lowest BCUT2D eigenvalue weighted by molar-refractivity contribution is -0.145. The summed E-state index contributed by atoms with van der Waals surface area (Å²) in [6.45, 7) is 2.03. The normalized spacial score (nSPS) is 14.9. The Morgan fingerprint density at radius 2 is 1.51 bits per heavy atom. The van der Waals surface area contributed by atoms with Crippen molar-refractivity contribution < 1.29 is 46.4 Å². The summed E-state index contributed by atoms with van der Waals surface area (Å²) in [5.74, 6) is 0.412. The van der Waals surface area contributed by atoms with Gasteiger partial charge in [0.2, 0.25) is 0 Å². The van der Waals surface area contributed by atoms with Gasteiger partial charge in [-0.25, -0.2) is 4.79 Å². The van der Waals surface area contributed by atoms with Gasteiger partial charge in [-0.1, -0.05) is 46.2 Å². The third-order valence-corrected chi connectivity index (χ3v) is 9.20. The smallest absolute Gasteiger partial charge is 0.416 e. The zero-order valence-corrected chi connectivity index (χ0v) is 25.5. The molecule has 2 aromatic rings. The average molecular weight is 646 g/mol. The number of hydrogen-bond donors (Lipinski definition) is 1. The summed E-state index contributed by atoms with van der Waals surface area (Å²) >= 11 is 0. The molecule has 2 aromatic carbocycles. The molecule has 1 fully saturated rings. The van der Waals surface area contributed by atoms with Gasteiger partial charge in [-0.15, -0.1) is 0 Å². The van der Waals surface area contributed by atoms with E-state index in [4.69, 9.17) is 23.7 Å². The fourth-order valence-electron chi connectivity index (χ4n) is 4.00. The van der Waals surface area contributed by atoms with Crippen molar-refractivity contribution in [1.82, 2.24) is 0 Å². The molecule has 238 valence electrons. The Morgan fingerprint density at radius 1 is 0.837 bits per heavy atom. The molecule has 3 rings (SSSR count). The fourth-order valence-corrected chi connectivity index (χ4v) is 7.03. The number of unbranched alkanes of at least 4 members (excludes halogenated alkanes) is 1. The van der Waals surface area contributed by atoms with E-state index in [0.717, 1.165) is 36.6 Å².